The summed E-state index contributed by atoms with van der Waals surface area (Å²) in [6.07, 6.45) is 0. The van der Waals surface area contributed by atoms with Crippen molar-refractivity contribution in [2.75, 3.05) is 18.0 Å². The third kappa shape index (κ3) is 3.04. The van der Waals surface area contributed by atoms with E-state index in [0.29, 0.717) is 18.7 Å². The molecule has 0 aliphatic carbocycles. The molecule has 1 aliphatic heterocycles. The Bertz CT molecular complexity index is 828. The molecule has 2 aromatic carbocycles. The topological polar surface area (TPSA) is 40.6 Å². The van der Waals surface area contributed by atoms with Crippen LogP contribution in [-0.2, 0) is 4.79 Å². The lowest BCUT2D eigenvalue weighted by Crippen LogP contribution is -2.58. The van der Waals surface area contributed by atoms with E-state index in [0.717, 1.165) is 22.4 Å². The van der Waals surface area contributed by atoms with E-state index in [9.17, 15) is 9.59 Å². The molecule has 0 unspecified atom stereocenters. The molecule has 2 aromatic rings. The number of hydrogen-bond donors (Lipinski definition) is 0. The minimum atomic E-state index is -0.472. The van der Waals surface area contributed by atoms with Crippen molar-refractivity contribution >= 4 is 17.5 Å². The molecule has 1 heterocycles. The van der Waals surface area contributed by atoms with Gasteiger partial charge in [0.15, 0.2) is 0 Å². The van der Waals surface area contributed by atoms with Crippen LogP contribution in [0.15, 0.2) is 42.5 Å². The Morgan fingerprint density at radius 3 is 2.36 bits per heavy atom. The summed E-state index contributed by atoms with van der Waals surface area (Å²) in [5.41, 5.74) is 4.82. The van der Waals surface area contributed by atoms with Gasteiger partial charge >= 0.3 is 0 Å². The molecule has 130 valence electrons. The van der Waals surface area contributed by atoms with Crippen molar-refractivity contribution < 1.29 is 9.59 Å². The van der Waals surface area contributed by atoms with Gasteiger partial charge in [-0.1, -0.05) is 30.3 Å². The van der Waals surface area contributed by atoms with Gasteiger partial charge in [-0.05, 0) is 56.5 Å². The zero-order valence-corrected chi connectivity index (χ0v) is 15.2. The van der Waals surface area contributed by atoms with Crippen LogP contribution in [0.4, 0.5) is 5.69 Å². The average Bonchev–Trinajstić information content (AvgIpc) is 2.60. The van der Waals surface area contributed by atoms with E-state index in [4.69, 9.17) is 0 Å². The van der Waals surface area contributed by atoms with E-state index >= 15 is 0 Å². The lowest BCUT2D eigenvalue weighted by molar-refractivity contribution is -0.124. The molecule has 25 heavy (non-hydrogen) atoms. The second-order valence-electron chi connectivity index (χ2n) is 6.70. The maximum Gasteiger partial charge on any atom is 0.254 e. The van der Waals surface area contributed by atoms with Crippen LogP contribution < -0.4 is 4.90 Å². The molecule has 3 rings (SSSR count). The number of rotatable bonds is 2. The Hall–Kier alpha value is -2.62. The van der Waals surface area contributed by atoms with E-state index in [1.807, 2.05) is 75.1 Å². The van der Waals surface area contributed by atoms with Gasteiger partial charge in [-0.3, -0.25) is 9.59 Å². The van der Waals surface area contributed by atoms with E-state index in [1.165, 1.54) is 0 Å². The van der Waals surface area contributed by atoms with Crippen LogP contribution in [0, 0.1) is 20.8 Å². The maximum atomic E-state index is 13.0. The summed E-state index contributed by atoms with van der Waals surface area (Å²) in [6.45, 7) is 8.87. The molecule has 0 saturated carbocycles. The standard InChI is InChI=1S/C21H24N2O2/c1-14-9-7-11-19(16(14)3)23-13-12-22(17(4)20(23)24)21(25)18-10-6-5-8-15(18)2/h5-11,17H,12-13H2,1-4H3/t17-/m0/s1. The van der Waals surface area contributed by atoms with E-state index in [2.05, 4.69) is 0 Å². The molecular formula is C21H24N2O2. The van der Waals surface area contributed by atoms with Gasteiger partial charge in [0.05, 0.1) is 0 Å². The minimum Gasteiger partial charge on any atom is -0.325 e. The number of anilines is 1. The summed E-state index contributed by atoms with van der Waals surface area (Å²) < 4.78 is 0. The Balaban J connectivity index is 1.86. The van der Waals surface area contributed by atoms with Crippen molar-refractivity contribution in [3.63, 3.8) is 0 Å². The summed E-state index contributed by atoms with van der Waals surface area (Å²) in [5.74, 6) is -0.0959. The summed E-state index contributed by atoms with van der Waals surface area (Å²) >= 11 is 0. The predicted molar refractivity (Wildman–Crippen MR) is 99.9 cm³/mol. The van der Waals surface area contributed by atoms with Crippen molar-refractivity contribution in [1.29, 1.82) is 0 Å². The smallest absolute Gasteiger partial charge is 0.254 e. The van der Waals surface area contributed by atoms with Crippen LogP contribution in [0.1, 0.15) is 34.0 Å². The van der Waals surface area contributed by atoms with Crippen LogP contribution in [0.3, 0.4) is 0 Å². The largest absolute Gasteiger partial charge is 0.325 e. The van der Waals surface area contributed by atoms with E-state index < -0.39 is 6.04 Å². The van der Waals surface area contributed by atoms with Gasteiger partial charge in [0.25, 0.3) is 5.91 Å². The second-order valence-corrected chi connectivity index (χ2v) is 6.70. The first-order valence-corrected chi connectivity index (χ1v) is 8.66. The fraction of sp³-hybridized carbons (Fsp3) is 0.333. The first-order chi connectivity index (χ1) is 11.9. The van der Waals surface area contributed by atoms with Crippen LogP contribution in [0.2, 0.25) is 0 Å². The molecular weight excluding hydrogens is 312 g/mol. The van der Waals surface area contributed by atoms with Crippen LogP contribution in [0.5, 0.6) is 0 Å². The molecule has 1 aliphatic rings. The highest BCUT2D eigenvalue weighted by Crippen LogP contribution is 2.27. The number of aryl methyl sites for hydroxylation is 2. The lowest BCUT2D eigenvalue weighted by atomic mass is 10.0. The van der Waals surface area contributed by atoms with Gasteiger partial charge in [0.1, 0.15) is 6.04 Å². The Labute approximate surface area is 149 Å². The number of piperazine rings is 1. The Kier molecular flexibility index (Phi) is 4.62. The third-order valence-corrected chi connectivity index (χ3v) is 5.16. The van der Waals surface area contributed by atoms with Gasteiger partial charge in [-0.15, -0.1) is 0 Å². The summed E-state index contributed by atoms with van der Waals surface area (Å²) in [7, 11) is 0. The molecule has 0 radical (unpaired) electrons. The number of benzene rings is 2. The van der Waals surface area contributed by atoms with Crippen molar-refractivity contribution in [3.8, 4) is 0 Å². The quantitative estimate of drug-likeness (QED) is 0.842. The van der Waals surface area contributed by atoms with Gasteiger partial charge in [-0.25, -0.2) is 0 Å². The van der Waals surface area contributed by atoms with Gasteiger partial charge < -0.3 is 9.80 Å². The molecule has 0 aromatic heterocycles. The summed E-state index contributed by atoms with van der Waals surface area (Å²) in [5, 5.41) is 0. The van der Waals surface area contributed by atoms with E-state index in [1.54, 1.807) is 4.90 Å². The van der Waals surface area contributed by atoms with Gasteiger partial charge in [0, 0.05) is 24.3 Å². The number of carbonyl (C=O) groups is 2. The molecule has 0 N–H and O–H groups in total. The number of nitrogens with zero attached hydrogens (tertiary/aromatic N) is 2. The van der Waals surface area contributed by atoms with Crippen LogP contribution in [0.25, 0.3) is 0 Å². The molecule has 1 saturated heterocycles. The van der Waals surface area contributed by atoms with E-state index in [-0.39, 0.29) is 11.8 Å². The van der Waals surface area contributed by atoms with Crippen molar-refractivity contribution in [2.45, 2.75) is 33.7 Å². The molecule has 0 spiro atoms. The fourth-order valence-electron chi connectivity index (χ4n) is 3.38. The molecule has 1 atom stereocenters. The van der Waals surface area contributed by atoms with Crippen molar-refractivity contribution in [3.05, 3.63) is 64.7 Å². The minimum absolute atomic E-state index is 0.0260. The highest BCUT2D eigenvalue weighted by molar-refractivity contribution is 6.04. The Morgan fingerprint density at radius 2 is 1.64 bits per heavy atom. The first kappa shape index (κ1) is 17.2. The molecule has 4 heteroatoms. The second kappa shape index (κ2) is 6.71. The zero-order valence-electron chi connectivity index (χ0n) is 15.2. The molecule has 4 nitrogen and oxygen atoms in total. The third-order valence-electron chi connectivity index (χ3n) is 5.16. The monoisotopic (exact) mass is 336 g/mol. The fourth-order valence-corrected chi connectivity index (χ4v) is 3.38. The number of carbonyl (C=O) groups excluding carboxylic acids is 2. The highest BCUT2D eigenvalue weighted by Gasteiger charge is 2.36. The zero-order chi connectivity index (χ0) is 18.1. The molecule has 0 bridgehead atoms. The Morgan fingerprint density at radius 1 is 0.960 bits per heavy atom. The number of hydrogen-bond acceptors (Lipinski definition) is 2. The SMILES string of the molecule is Cc1ccccc1C(=O)N1CCN(c2cccc(C)c2C)C(=O)[C@@H]1C. The maximum absolute atomic E-state index is 13.0. The number of amides is 2. The highest BCUT2D eigenvalue weighted by atomic mass is 16.2. The van der Waals surface area contributed by atoms with Crippen LogP contribution >= 0.6 is 0 Å². The van der Waals surface area contributed by atoms with Gasteiger partial charge in [-0.2, -0.15) is 0 Å². The van der Waals surface area contributed by atoms with Crippen LogP contribution in [-0.4, -0.2) is 35.8 Å². The molecule has 1 fully saturated rings. The summed E-state index contributed by atoms with van der Waals surface area (Å²) in [4.78, 5) is 29.3. The van der Waals surface area contributed by atoms with Crippen molar-refractivity contribution in [2.24, 2.45) is 0 Å². The van der Waals surface area contributed by atoms with Crippen molar-refractivity contribution in [1.82, 2.24) is 4.90 Å². The first-order valence-electron chi connectivity index (χ1n) is 8.66. The normalized spacial score (nSPS) is 17.8. The molecule has 2 amide bonds. The van der Waals surface area contributed by atoms with Gasteiger partial charge in [0.2, 0.25) is 5.91 Å². The summed E-state index contributed by atoms with van der Waals surface area (Å²) in [6, 6.07) is 13.0. The average molecular weight is 336 g/mol. The predicted octanol–water partition coefficient (Wildman–Crippen LogP) is 3.49. The lowest BCUT2D eigenvalue weighted by Gasteiger charge is -2.40.